The van der Waals surface area contributed by atoms with Gasteiger partial charge in [-0.1, -0.05) is 22.9 Å². The zero-order valence-corrected chi connectivity index (χ0v) is 16.3. The van der Waals surface area contributed by atoms with Crippen LogP contribution >= 0.6 is 22.9 Å². The van der Waals surface area contributed by atoms with Gasteiger partial charge in [0, 0.05) is 31.6 Å². The Morgan fingerprint density at radius 1 is 1.32 bits per heavy atom. The van der Waals surface area contributed by atoms with Crippen molar-refractivity contribution >= 4 is 28.1 Å². The van der Waals surface area contributed by atoms with Gasteiger partial charge in [0.25, 0.3) is 0 Å². The normalized spacial score (nSPS) is 21.0. The molecule has 1 aliphatic carbocycles. The molecule has 3 aromatic rings. The van der Waals surface area contributed by atoms with Crippen LogP contribution in [0.3, 0.4) is 0 Å². The van der Waals surface area contributed by atoms with E-state index in [-0.39, 0.29) is 18.5 Å². The maximum absolute atomic E-state index is 14.4. The first kappa shape index (κ1) is 18.7. The predicted octanol–water partition coefficient (Wildman–Crippen LogP) is 4.73. The molecule has 0 amide bonds. The Labute approximate surface area is 169 Å². The maximum atomic E-state index is 14.4. The topological polar surface area (TPSA) is 65.7 Å². The lowest BCUT2D eigenvalue weighted by Crippen LogP contribution is -2.55. The molecular weight excluding hydrogens is 404 g/mol. The van der Waals surface area contributed by atoms with E-state index in [1.807, 2.05) is 0 Å². The lowest BCUT2D eigenvalue weighted by Gasteiger charge is -2.49. The molecule has 0 N–H and O–H groups in total. The van der Waals surface area contributed by atoms with E-state index < -0.39 is 17.5 Å². The first-order valence-corrected chi connectivity index (χ1v) is 9.66. The molecule has 1 aromatic carbocycles. The monoisotopic (exact) mass is 417 g/mol. The van der Waals surface area contributed by atoms with Crippen molar-refractivity contribution in [1.82, 2.24) is 15.2 Å². The summed E-state index contributed by atoms with van der Waals surface area (Å²) in [5.41, 5.74) is 0.330. The molecule has 0 aliphatic heterocycles. The minimum atomic E-state index is -1.03. The summed E-state index contributed by atoms with van der Waals surface area (Å²) in [5, 5.41) is 18.9. The third-order valence-corrected chi connectivity index (χ3v) is 6.35. The van der Waals surface area contributed by atoms with Crippen molar-refractivity contribution in [2.45, 2.75) is 24.6 Å². The smallest absolute Gasteiger partial charge is 0.209 e. The number of aromatic nitrogens is 3. The second-order valence-corrected chi connectivity index (χ2v) is 7.99. The predicted molar refractivity (Wildman–Crippen MR) is 103 cm³/mol. The molecule has 28 heavy (non-hydrogen) atoms. The largest absolute Gasteiger partial charge is 0.338 e. The summed E-state index contributed by atoms with van der Waals surface area (Å²) in [6.45, 7) is 0. The second-order valence-electron chi connectivity index (χ2n) is 6.63. The fourth-order valence-electron chi connectivity index (χ4n) is 3.43. The van der Waals surface area contributed by atoms with Crippen molar-refractivity contribution in [3.8, 4) is 16.6 Å². The fourth-order valence-corrected chi connectivity index (χ4v) is 4.62. The number of halogens is 3. The van der Waals surface area contributed by atoms with Crippen molar-refractivity contribution in [3.63, 3.8) is 0 Å². The second kappa shape index (κ2) is 7.08. The van der Waals surface area contributed by atoms with Crippen LogP contribution in [-0.4, -0.2) is 28.4 Å². The van der Waals surface area contributed by atoms with Crippen LogP contribution in [0.5, 0.6) is 0 Å². The quantitative estimate of drug-likeness (QED) is 0.614. The van der Waals surface area contributed by atoms with E-state index in [0.717, 1.165) is 0 Å². The van der Waals surface area contributed by atoms with E-state index in [1.54, 1.807) is 30.1 Å². The van der Waals surface area contributed by atoms with E-state index in [4.69, 9.17) is 16.9 Å². The van der Waals surface area contributed by atoms with Crippen molar-refractivity contribution in [2.24, 2.45) is 0 Å². The fraction of sp³-hybridized carbons (Fsp3) is 0.263. The van der Waals surface area contributed by atoms with Crippen molar-refractivity contribution in [2.75, 3.05) is 11.9 Å². The van der Waals surface area contributed by atoms with Crippen molar-refractivity contribution in [3.05, 3.63) is 58.6 Å². The van der Waals surface area contributed by atoms with Gasteiger partial charge in [0.15, 0.2) is 5.01 Å². The lowest BCUT2D eigenvalue weighted by atomic mass is 9.71. The zero-order chi connectivity index (χ0) is 19.9. The van der Waals surface area contributed by atoms with Gasteiger partial charge in [-0.05, 0) is 30.3 Å². The van der Waals surface area contributed by atoms with Crippen LogP contribution in [0.2, 0.25) is 5.02 Å². The highest BCUT2D eigenvalue weighted by molar-refractivity contribution is 7.18. The Kier molecular flexibility index (Phi) is 4.73. The average molecular weight is 418 g/mol. The summed E-state index contributed by atoms with van der Waals surface area (Å²) in [6.07, 6.45) is 0.713. The van der Waals surface area contributed by atoms with Gasteiger partial charge < -0.3 is 4.90 Å². The van der Waals surface area contributed by atoms with Gasteiger partial charge in [0.2, 0.25) is 5.13 Å². The molecule has 142 valence electrons. The molecular formula is C19H14ClF2N5S. The summed E-state index contributed by atoms with van der Waals surface area (Å²) < 4.78 is 28.3. The van der Waals surface area contributed by atoms with Gasteiger partial charge >= 0.3 is 0 Å². The van der Waals surface area contributed by atoms with E-state index in [0.29, 0.717) is 26.3 Å². The van der Waals surface area contributed by atoms with E-state index in [1.165, 1.54) is 29.7 Å². The minimum absolute atomic E-state index is 0.122. The first-order valence-electron chi connectivity index (χ1n) is 8.47. The summed E-state index contributed by atoms with van der Waals surface area (Å²) in [5.74, 6) is -0.476. The highest BCUT2D eigenvalue weighted by atomic mass is 35.5. The first-order chi connectivity index (χ1) is 13.4. The number of pyridine rings is 1. The standard InChI is InChI=1S/C19H14ClF2N5S/c1-27(19(8-12(21)9-19)16-15(22)3-2-6-24-16)18-26-25-17(28-18)13-7-11(10-23)4-5-14(13)20/h2-7,12H,8-9H2,1H3/t12-,19-. The summed E-state index contributed by atoms with van der Waals surface area (Å²) in [7, 11) is 1.73. The number of nitriles is 1. The van der Waals surface area contributed by atoms with Crippen LogP contribution in [0.25, 0.3) is 10.6 Å². The van der Waals surface area contributed by atoms with E-state index in [9.17, 15) is 8.78 Å². The van der Waals surface area contributed by atoms with Crippen molar-refractivity contribution in [1.29, 1.82) is 5.26 Å². The Balaban J connectivity index is 1.72. The highest BCUT2D eigenvalue weighted by Gasteiger charge is 2.52. The van der Waals surface area contributed by atoms with Gasteiger partial charge in [-0.25, -0.2) is 8.78 Å². The summed E-state index contributed by atoms with van der Waals surface area (Å²) >= 11 is 7.49. The van der Waals surface area contributed by atoms with Gasteiger partial charge in [0.1, 0.15) is 17.7 Å². The third kappa shape index (κ3) is 3.01. The lowest BCUT2D eigenvalue weighted by molar-refractivity contribution is 0.0870. The minimum Gasteiger partial charge on any atom is -0.338 e. The van der Waals surface area contributed by atoms with E-state index >= 15 is 0 Å². The van der Waals surface area contributed by atoms with Crippen LogP contribution in [-0.2, 0) is 5.54 Å². The van der Waals surface area contributed by atoms with Crippen LogP contribution < -0.4 is 4.90 Å². The molecule has 0 atom stereocenters. The molecule has 1 fully saturated rings. The molecule has 9 heteroatoms. The molecule has 1 aliphatic rings. The van der Waals surface area contributed by atoms with Gasteiger partial charge in [-0.3, -0.25) is 4.98 Å². The third-order valence-electron chi connectivity index (χ3n) is 4.99. The van der Waals surface area contributed by atoms with Gasteiger partial charge in [-0.2, -0.15) is 5.26 Å². The Morgan fingerprint density at radius 2 is 2.11 bits per heavy atom. The van der Waals surface area contributed by atoms with Gasteiger partial charge in [-0.15, -0.1) is 10.2 Å². The van der Waals surface area contributed by atoms with Crippen LogP contribution in [0, 0.1) is 17.1 Å². The molecule has 0 saturated heterocycles. The number of benzene rings is 1. The Morgan fingerprint density at radius 3 is 2.79 bits per heavy atom. The molecule has 0 bridgehead atoms. The SMILES string of the molecule is CN(c1nnc(-c2cc(C#N)ccc2Cl)s1)[C@]1(c2ncccc2F)C[C@@H](F)C1. The molecule has 5 nitrogen and oxygen atoms in total. The zero-order valence-electron chi connectivity index (χ0n) is 14.7. The number of alkyl halides is 1. The number of anilines is 1. The molecule has 2 aromatic heterocycles. The maximum Gasteiger partial charge on any atom is 0.209 e. The van der Waals surface area contributed by atoms with Crippen LogP contribution in [0.1, 0.15) is 24.1 Å². The molecule has 0 spiro atoms. The Bertz CT molecular complexity index is 1070. The van der Waals surface area contributed by atoms with Gasteiger partial charge in [0.05, 0.1) is 22.2 Å². The summed E-state index contributed by atoms with van der Waals surface area (Å²) in [4.78, 5) is 5.91. The number of hydrogen-bond donors (Lipinski definition) is 0. The van der Waals surface area contributed by atoms with Crippen LogP contribution in [0.4, 0.5) is 13.9 Å². The number of hydrogen-bond acceptors (Lipinski definition) is 6. The molecule has 4 rings (SSSR count). The van der Waals surface area contributed by atoms with E-state index in [2.05, 4.69) is 21.3 Å². The highest BCUT2D eigenvalue weighted by Crippen LogP contribution is 2.50. The number of rotatable bonds is 4. The number of nitrogens with zero attached hydrogens (tertiary/aromatic N) is 5. The molecule has 2 heterocycles. The molecule has 0 unspecified atom stereocenters. The molecule has 1 saturated carbocycles. The summed E-state index contributed by atoms with van der Waals surface area (Å²) in [6, 6.07) is 9.78. The van der Waals surface area contributed by atoms with Crippen LogP contribution in [0.15, 0.2) is 36.5 Å². The Hall–Kier alpha value is -2.63. The van der Waals surface area contributed by atoms with Crippen molar-refractivity contribution < 1.29 is 8.78 Å². The molecule has 0 radical (unpaired) electrons. The average Bonchev–Trinajstić information content (AvgIpc) is 3.15.